The molecule has 2 atom stereocenters. The second-order valence-electron chi connectivity index (χ2n) is 3.04. The lowest BCUT2D eigenvalue weighted by Gasteiger charge is -2.22. The molecule has 3 heteroatoms. The van der Waals surface area contributed by atoms with E-state index in [1.807, 2.05) is 0 Å². The monoisotopic (exact) mass is 190 g/mol. The van der Waals surface area contributed by atoms with E-state index in [0.717, 1.165) is 25.7 Å². The normalized spacial score (nSPS) is 15.7. The molecule has 0 saturated carbocycles. The van der Waals surface area contributed by atoms with Gasteiger partial charge in [-0.25, -0.2) is 0 Å². The molecule has 2 unspecified atom stereocenters. The van der Waals surface area contributed by atoms with E-state index in [2.05, 4.69) is 13.8 Å². The van der Waals surface area contributed by atoms with Crippen LogP contribution in [0.4, 0.5) is 0 Å². The minimum Gasteiger partial charge on any atom is -0.356 e. The van der Waals surface area contributed by atoms with Crippen LogP contribution >= 0.6 is 0 Å². The zero-order valence-corrected chi connectivity index (χ0v) is 9.21. The third-order valence-electron chi connectivity index (χ3n) is 1.88. The molecule has 0 saturated heterocycles. The summed E-state index contributed by atoms with van der Waals surface area (Å²) in [4.78, 5) is 0. The van der Waals surface area contributed by atoms with Crippen molar-refractivity contribution in [2.24, 2.45) is 0 Å². The first-order valence-corrected chi connectivity index (χ1v) is 4.99. The van der Waals surface area contributed by atoms with Gasteiger partial charge in [0.15, 0.2) is 12.6 Å². The van der Waals surface area contributed by atoms with Crippen LogP contribution in [0.2, 0.25) is 0 Å². The fraction of sp³-hybridized carbons (Fsp3) is 1.00. The lowest BCUT2D eigenvalue weighted by atomic mass is 10.3. The molecule has 3 nitrogen and oxygen atoms in total. The van der Waals surface area contributed by atoms with Gasteiger partial charge >= 0.3 is 0 Å². The summed E-state index contributed by atoms with van der Waals surface area (Å²) >= 11 is 0. The molecule has 0 aromatic heterocycles. The van der Waals surface area contributed by atoms with E-state index in [4.69, 9.17) is 14.2 Å². The van der Waals surface area contributed by atoms with Crippen molar-refractivity contribution < 1.29 is 14.2 Å². The molecule has 13 heavy (non-hydrogen) atoms. The Morgan fingerprint density at radius 1 is 0.846 bits per heavy atom. The fourth-order valence-electron chi connectivity index (χ4n) is 1.12. The van der Waals surface area contributed by atoms with Crippen molar-refractivity contribution in [2.75, 3.05) is 14.2 Å². The van der Waals surface area contributed by atoms with Crippen LogP contribution in [0.5, 0.6) is 0 Å². The lowest BCUT2D eigenvalue weighted by molar-refractivity contribution is -0.233. The van der Waals surface area contributed by atoms with Crippen LogP contribution < -0.4 is 0 Å². The summed E-state index contributed by atoms with van der Waals surface area (Å²) in [6, 6.07) is 0. The maximum atomic E-state index is 5.59. The topological polar surface area (TPSA) is 27.7 Å². The minimum absolute atomic E-state index is 0.124. The molecule has 0 fully saturated rings. The highest BCUT2D eigenvalue weighted by Crippen LogP contribution is 2.10. The van der Waals surface area contributed by atoms with E-state index in [9.17, 15) is 0 Å². The number of hydrogen-bond donors (Lipinski definition) is 0. The Bertz CT molecular complexity index is 94.3. The standard InChI is InChI=1S/C10H22O3/c1-5-7-9(11-3)13-10(12-4)8-6-2/h9-10H,5-8H2,1-4H3. The second kappa shape index (κ2) is 8.48. The Balaban J connectivity index is 3.73. The molecule has 0 heterocycles. The zero-order valence-electron chi connectivity index (χ0n) is 9.21. The van der Waals surface area contributed by atoms with E-state index in [1.165, 1.54) is 0 Å². The summed E-state index contributed by atoms with van der Waals surface area (Å²) < 4.78 is 15.9. The molecular formula is C10H22O3. The molecule has 0 aliphatic heterocycles. The summed E-state index contributed by atoms with van der Waals surface area (Å²) in [6.07, 6.45) is 3.70. The molecule has 0 aliphatic rings. The molecule has 0 aliphatic carbocycles. The summed E-state index contributed by atoms with van der Waals surface area (Å²) in [6.45, 7) is 4.22. The molecule has 0 rings (SSSR count). The van der Waals surface area contributed by atoms with Gasteiger partial charge in [0.1, 0.15) is 0 Å². The van der Waals surface area contributed by atoms with Crippen LogP contribution in [0.25, 0.3) is 0 Å². The molecule has 0 aromatic carbocycles. The summed E-state index contributed by atoms with van der Waals surface area (Å²) in [5, 5.41) is 0. The van der Waals surface area contributed by atoms with Gasteiger partial charge in [-0.1, -0.05) is 26.7 Å². The Kier molecular flexibility index (Phi) is 8.40. The first-order valence-electron chi connectivity index (χ1n) is 4.99. The summed E-state index contributed by atoms with van der Waals surface area (Å²) in [7, 11) is 3.33. The van der Waals surface area contributed by atoms with E-state index < -0.39 is 0 Å². The van der Waals surface area contributed by atoms with Crippen molar-refractivity contribution in [1.29, 1.82) is 0 Å². The number of ether oxygens (including phenoxy) is 3. The maximum absolute atomic E-state index is 5.59. The van der Waals surface area contributed by atoms with Crippen molar-refractivity contribution >= 4 is 0 Å². The molecule has 0 radical (unpaired) electrons. The Hall–Kier alpha value is -0.120. The average molecular weight is 190 g/mol. The minimum atomic E-state index is -0.124. The number of hydrogen-bond acceptors (Lipinski definition) is 3. The van der Waals surface area contributed by atoms with Crippen molar-refractivity contribution in [3.8, 4) is 0 Å². The second-order valence-corrected chi connectivity index (χ2v) is 3.04. The smallest absolute Gasteiger partial charge is 0.160 e. The molecular weight excluding hydrogens is 168 g/mol. The van der Waals surface area contributed by atoms with Crippen molar-refractivity contribution in [3.63, 3.8) is 0 Å². The highest BCUT2D eigenvalue weighted by Gasteiger charge is 2.13. The summed E-state index contributed by atoms with van der Waals surface area (Å²) in [5.41, 5.74) is 0. The van der Waals surface area contributed by atoms with Crippen LogP contribution in [0.1, 0.15) is 39.5 Å². The van der Waals surface area contributed by atoms with Crippen LogP contribution in [-0.2, 0) is 14.2 Å². The molecule has 0 aromatic rings. The Morgan fingerprint density at radius 2 is 1.23 bits per heavy atom. The van der Waals surface area contributed by atoms with Crippen molar-refractivity contribution in [3.05, 3.63) is 0 Å². The van der Waals surface area contributed by atoms with Crippen molar-refractivity contribution in [2.45, 2.75) is 52.1 Å². The number of rotatable bonds is 8. The fourth-order valence-corrected chi connectivity index (χ4v) is 1.12. The van der Waals surface area contributed by atoms with Crippen LogP contribution in [0.3, 0.4) is 0 Å². The van der Waals surface area contributed by atoms with Gasteiger partial charge in [0.25, 0.3) is 0 Å². The molecule has 0 spiro atoms. The van der Waals surface area contributed by atoms with E-state index >= 15 is 0 Å². The van der Waals surface area contributed by atoms with E-state index in [1.54, 1.807) is 14.2 Å². The van der Waals surface area contributed by atoms with E-state index in [-0.39, 0.29) is 12.6 Å². The zero-order chi connectivity index (χ0) is 10.1. The third kappa shape index (κ3) is 6.02. The van der Waals surface area contributed by atoms with Crippen LogP contribution in [0, 0.1) is 0 Å². The van der Waals surface area contributed by atoms with Gasteiger partial charge in [-0.05, 0) is 12.8 Å². The predicted octanol–water partition coefficient (Wildman–Crippen LogP) is 2.55. The van der Waals surface area contributed by atoms with E-state index in [0.29, 0.717) is 0 Å². The van der Waals surface area contributed by atoms with Gasteiger partial charge in [-0.3, -0.25) is 0 Å². The Labute approximate surface area is 81.4 Å². The van der Waals surface area contributed by atoms with Gasteiger partial charge < -0.3 is 14.2 Å². The highest BCUT2D eigenvalue weighted by molar-refractivity contribution is 4.47. The third-order valence-corrected chi connectivity index (χ3v) is 1.88. The van der Waals surface area contributed by atoms with Gasteiger partial charge in [-0.2, -0.15) is 0 Å². The maximum Gasteiger partial charge on any atom is 0.160 e. The van der Waals surface area contributed by atoms with Gasteiger partial charge in [0.05, 0.1) is 0 Å². The molecule has 0 bridgehead atoms. The molecule has 80 valence electrons. The summed E-state index contributed by atoms with van der Waals surface area (Å²) in [5.74, 6) is 0. The van der Waals surface area contributed by atoms with Crippen LogP contribution in [-0.4, -0.2) is 26.8 Å². The SMILES string of the molecule is CCCC(OC)OC(CCC)OC. The van der Waals surface area contributed by atoms with Gasteiger partial charge in [0, 0.05) is 14.2 Å². The number of methoxy groups -OCH3 is 2. The molecule has 0 amide bonds. The quantitative estimate of drug-likeness (QED) is 0.550. The van der Waals surface area contributed by atoms with Crippen LogP contribution in [0.15, 0.2) is 0 Å². The average Bonchev–Trinajstić information content (AvgIpc) is 2.16. The highest BCUT2D eigenvalue weighted by atomic mass is 16.8. The largest absolute Gasteiger partial charge is 0.356 e. The lowest BCUT2D eigenvalue weighted by Crippen LogP contribution is -2.25. The molecule has 0 N–H and O–H groups in total. The predicted molar refractivity (Wildman–Crippen MR) is 52.5 cm³/mol. The van der Waals surface area contributed by atoms with Gasteiger partial charge in [-0.15, -0.1) is 0 Å². The Morgan fingerprint density at radius 3 is 1.46 bits per heavy atom. The first kappa shape index (κ1) is 12.9. The van der Waals surface area contributed by atoms with Gasteiger partial charge in [0.2, 0.25) is 0 Å². The first-order chi connectivity index (χ1) is 6.28. The van der Waals surface area contributed by atoms with Crippen molar-refractivity contribution in [1.82, 2.24) is 0 Å².